The van der Waals surface area contributed by atoms with Crippen LogP contribution in [-0.4, -0.2) is 35.9 Å². The van der Waals surface area contributed by atoms with Gasteiger partial charge >= 0.3 is 0 Å². The van der Waals surface area contributed by atoms with Gasteiger partial charge in [-0.25, -0.2) is 12.7 Å². The molecule has 26 heavy (non-hydrogen) atoms. The van der Waals surface area contributed by atoms with Gasteiger partial charge in [0.25, 0.3) is 15.7 Å². The summed E-state index contributed by atoms with van der Waals surface area (Å²) in [7, 11) is -3.68. The first-order chi connectivity index (χ1) is 12.4. The molecular weight excluding hydrogens is 442 g/mol. The number of thioether (sulfide) groups is 1. The van der Waals surface area contributed by atoms with Crippen LogP contribution < -0.4 is 0 Å². The van der Waals surface area contributed by atoms with E-state index in [0.717, 1.165) is 10.0 Å². The topological polar surface area (TPSA) is 92.9 Å². The van der Waals surface area contributed by atoms with Crippen LogP contribution in [-0.2, 0) is 15.8 Å². The van der Waals surface area contributed by atoms with Gasteiger partial charge in [-0.3, -0.25) is 15.1 Å². The largest absolute Gasteiger partial charge is 0.269 e. The van der Waals surface area contributed by atoms with Crippen molar-refractivity contribution in [1.29, 1.82) is 0 Å². The lowest BCUT2D eigenvalue weighted by atomic mass is 10.2. The number of rotatable bonds is 5. The van der Waals surface area contributed by atoms with Crippen LogP contribution in [0.25, 0.3) is 0 Å². The van der Waals surface area contributed by atoms with Crippen molar-refractivity contribution >= 4 is 48.6 Å². The number of non-ortho nitro benzene ring substituents is 1. The van der Waals surface area contributed by atoms with Gasteiger partial charge in [-0.1, -0.05) is 39.8 Å². The van der Waals surface area contributed by atoms with E-state index in [9.17, 15) is 18.5 Å². The first-order valence-electron chi connectivity index (χ1n) is 7.57. The van der Waals surface area contributed by atoms with Gasteiger partial charge < -0.3 is 0 Å². The van der Waals surface area contributed by atoms with Gasteiger partial charge in [0.05, 0.1) is 22.9 Å². The van der Waals surface area contributed by atoms with E-state index < -0.39 is 14.9 Å². The molecule has 7 nitrogen and oxygen atoms in total. The Morgan fingerprint density at radius 2 is 1.96 bits per heavy atom. The van der Waals surface area contributed by atoms with Crippen LogP contribution in [0.15, 0.2) is 62.9 Å². The summed E-state index contributed by atoms with van der Waals surface area (Å²) >= 11 is 4.55. The van der Waals surface area contributed by atoms with Gasteiger partial charge in [-0.15, -0.1) is 0 Å². The van der Waals surface area contributed by atoms with Crippen molar-refractivity contribution in [3.05, 3.63) is 68.7 Å². The molecule has 0 radical (unpaired) electrons. The van der Waals surface area contributed by atoms with Gasteiger partial charge in [0.15, 0.2) is 5.17 Å². The monoisotopic (exact) mass is 455 g/mol. The molecule has 0 amide bonds. The summed E-state index contributed by atoms with van der Waals surface area (Å²) in [5.74, 6) is 0.396. The van der Waals surface area contributed by atoms with Crippen molar-refractivity contribution in [3.8, 4) is 0 Å². The van der Waals surface area contributed by atoms with Gasteiger partial charge in [-0.2, -0.15) is 0 Å². The summed E-state index contributed by atoms with van der Waals surface area (Å²) < 4.78 is 27.8. The Bertz CT molecular complexity index is 962. The fourth-order valence-corrected chi connectivity index (χ4v) is 5.32. The molecule has 2 aromatic carbocycles. The molecule has 2 aromatic rings. The number of nitro benzene ring substituents is 1. The Morgan fingerprint density at radius 1 is 1.23 bits per heavy atom. The van der Waals surface area contributed by atoms with Crippen LogP contribution >= 0.6 is 27.7 Å². The van der Waals surface area contributed by atoms with Crippen LogP contribution in [0.4, 0.5) is 5.69 Å². The third kappa shape index (κ3) is 4.08. The number of aliphatic imine (C=N–C) groups is 1. The average Bonchev–Trinajstić information content (AvgIpc) is 3.10. The van der Waals surface area contributed by atoms with E-state index in [-0.39, 0.29) is 17.1 Å². The summed E-state index contributed by atoms with van der Waals surface area (Å²) in [6.07, 6.45) is 0. The number of nitrogens with zero attached hydrogens (tertiary/aromatic N) is 3. The smallest absolute Gasteiger partial charge is 0.260 e. The van der Waals surface area contributed by atoms with E-state index >= 15 is 0 Å². The summed E-state index contributed by atoms with van der Waals surface area (Å²) in [6.45, 7) is 0.683. The van der Waals surface area contributed by atoms with Gasteiger partial charge in [0.1, 0.15) is 0 Å². The molecule has 10 heteroatoms. The lowest BCUT2D eigenvalue weighted by Gasteiger charge is -2.19. The van der Waals surface area contributed by atoms with Crippen LogP contribution in [0.3, 0.4) is 0 Å². The predicted octanol–water partition coefficient (Wildman–Crippen LogP) is 3.65. The summed E-state index contributed by atoms with van der Waals surface area (Å²) in [6, 6.07) is 12.7. The summed E-state index contributed by atoms with van der Waals surface area (Å²) in [5, 5.41) is 11.3. The Labute approximate surface area is 163 Å². The van der Waals surface area contributed by atoms with E-state index in [2.05, 4.69) is 20.9 Å². The molecule has 0 aliphatic carbocycles. The number of amidine groups is 1. The van der Waals surface area contributed by atoms with Crippen LogP contribution in [0.1, 0.15) is 5.56 Å². The first kappa shape index (κ1) is 18.9. The normalized spacial score (nSPS) is 14.3. The van der Waals surface area contributed by atoms with E-state index in [0.29, 0.717) is 17.5 Å². The van der Waals surface area contributed by atoms with Crippen LogP contribution in [0.5, 0.6) is 0 Å². The molecule has 0 bridgehead atoms. The fourth-order valence-electron chi connectivity index (χ4n) is 2.39. The zero-order valence-corrected chi connectivity index (χ0v) is 16.6. The third-order valence-corrected chi connectivity index (χ3v) is 7.19. The second kappa shape index (κ2) is 7.77. The Hall–Kier alpha value is -1.91. The minimum atomic E-state index is -3.68. The second-order valence-corrected chi connectivity index (χ2v) is 9.13. The number of hydrogen-bond acceptors (Lipinski definition) is 6. The van der Waals surface area contributed by atoms with Crippen molar-refractivity contribution in [2.75, 3.05) is 13.1 Å². The molecule has 3 rings (SSSR count). The number of halogens is 1. The molecule has 0 fully saturated rings. The minimum absolute atomic E-state index is 0.0100. The van der Waals surface area contributed by atoms with Crippen molar-refractivity contribution in [1.82, 2.24) is 4.31 Å². The molecule has 0 unspecified atom stereocenters. The molecule has 0 saturated heterocycles. The standard InChI is InChI=1S/C16H14BrN3O4S2/c17-13-4-6-15(7-5-13)26(23,24)19-9-8-18-16(19)25-11-12-2-1-3-14(10-12)20(21)22/h1-7,10H,8-9,11H2. The molecule has 136 valence electrons. The highest BCUT2D eigenvalue weighted by Crippen LogP contribution is 2.27. The van der Waals surface area contributed by atoms with Gasteiger partial charge in [0, 0.05) is 22.4 Å². The maximum Gasteiger partial charge on any atom is 0.269 e. The SMILES string of the molecule is O=[N+]([O-])c1cccc(CSC2=NCCN2S(=O)(=O)c2ccc(Br)cc2)c1. The molecule has 0 saturated carbocycles. The second-order valence-electron chi connectivity index (χ2n) is 5.41. The lowest BCUT2D eigenvalue weighted by Crippen LogP contribution is -2.32. The predicted molar refractivity (Wildman–Crippen MR) is 105 cm³/mol. The van der Waals surface area contributed by atoms with Crippen LogP contribution in [0.2, 0.25) is 0 Å². The molecule has 0 aromatic heterocycles. The van der Waals surface area contributed by atoms with Crippen molar-refractivity contribution in [2.45, 2.75) is 10.6 Å². The van der Waals surface area contributed by atoms with E-state index in [1.165, 1.54) is 28.2 Å². The van der Waals surface area contributed by atoms with E-state index in [1.54, 1.807) is 36.4 Å². The van der Waals surface area contributed by atoms with Gasteiger partial charge in [0.2, 0.25) is 0 Å². The van der Waals surface area contributed by atoms with E-state index in [1.807, 2.05) is 0 Å². The van der Waals surface area contributed by atoms with Gasteiger partial charge in [-0.05, 0) is 29.8 Å². The summed E-state index contributed by atoms with van der Waals surface area (Å²) in [4.78, 5) is 14.9. The minimum Gasteiger partial charge on any atom is -0.260 e. The van der Waals surface area contributed by atoms with Crippen LogP contribution in [0, 0.1) is 10.1 Å². The molecular formula is C16H14BrN3O4S2. The number of sulfonamides is 1. The summed E-state index contributed by atoms with van der Waals surface area (Å²) in [5.41, 5.74) is 0.746. The zero-order chi connectivity index (χ0) is 18.7. The quantitative estimate of drug-likeness (QED) is 0.506. The Morgan fingerprint density at radius 3 is 2.65 bits per heavy atom. The molecule has 1 aliphatic heterocycles. The highest BCUT2D eigenvalue weighted by Gasteiger charge is 2.30. The Kier molecular flexibility index (Phi) is 5.64. The first-order valence-corrected chi connectivity index (χ1v) is 10.8. The highest BCUT2D eigenvalue weighted by atomic mass is 79.9. The number of hydrogen-bond donors (Lipinski definition) is 0. The number of benzene rings is 2. The molecule has 0 spiro atoms. The molecule has 0 atom stereocenters. The zero-order valence-electron chi connectivity index (χ0n) is 13.4. The van der Waals surface area contributed by atoms with Crippen molar-refractivity contribution in [2.24, 2.45) is 4.99 Å². The number of nitro groups is 1. The maximum absolute atomic E-state index is 12.8. The lowest BCUT2D eigenvalue weighted by molar-refractivity contribution is -0.384. The molecule has 1 heterocycles. The van der Waals surface area contributed by atoms with Crippen molar-refractivity contribution in [3.63, 3.8) is 0 Å². The highest BCUT2D eigenvalue weighted by molar-refractivity contribution is 9.10. The van der Waals surface area contributed by atoms with E-state index in [4.69, 9.17) is 0 Å². The molecule has 1 aliphatic rings. The maximum atomic E-state index is 12.8. The molecule has 0 N–H and O–H groups in total. The fraction of sp³-hybridized carbons (Fsp3) is 0.188. The average molecular weight is 456 g/mol. The third-order valence-electron chi connectivity index (χ3n) is 3.65. The van der Waals surface area contributed by atoms with Crippen molar-refractivity contribution < 1.29 is 13.3 Å². The Balaban J connectivity index is 1.75.